The summed E-state index contributed by atoms with van der Waals surface area (Å²) in [5, 5.41) is 3.46. The van der Waals surface area contributed by atoms with Crippen LogP contribution < -0.4 is 20.4 Å². The van der Waals surface area contributed by atoms with E-state index in [0.717, 1.165) is 38.9 Å². The minimum atomic E-state index is -2.46. The van der Waals surface area contributed by atoms with E-state index in [0.29, 0.717) is 0 Å². The van der Waals surface area contributed by atoms with Gasteiger partial charge in [-0.3, -0.25) is 9.05 Å². The van der Waals surface area contributed by atoms with E-state index in [-0.39, 0.29) is 5.41 Å². The number of fused-ring (bicyclic) bond motifs is 1. The van der Waals surface area contributed by atoms with Crippen molar-refractivity contribution in [1.82, 2.24) is 0 Å². The molecule has 0 N–H and O–H groups in total. The van der Waals surface area contributed by atoms with Crippen LogP contribution in [0.3, 0.4) is 0 Å². The van der Waals surface area contributed by atoms with E-state index in [4.69, 9.17) is 32.5 Å². The van der Waals surface area contributed by atoms with Crippen LogP contribution in [-0.4, -0.2) is 38.0 Å². The molecule has 7 nitrogen and oxygen atoms in total. The smallest absolute Gasteiger partial charge is 0.399 e. The first-order valence-electron chi connectivity index (χ1n) is 23.7. The van der Waals surface area contributed by atoms with E-state index >= 15 is 0 Å². The molecular formula is C60H64O7P2. The van der Waals surface area contributed by atoms with Crippen LogP contribution in [0.15, 0.2) is 194 Å². The Morgan fingerprint density at radius 3 is 1.10 bits per heavy atom. The van der Waals surface area contributed by atoms with Crippen LogP contribution in [-0.2, 0) is 50.0 Å². The highest BCUT2D eigenvalue weighted by Gasteiger charge is 2.70. The van der Waals surface area contributed by atoms with Gasteiger partial charge in [-0.15, -0.1) is 0 Å². The summed E-state index contributed by atoms with van der Waals surface area (Å²) in [5.74, 6) is -2.18. The molecule has 4 atom stereocenters. The highest BCUT2D eigenvalue weighted by atomic mass is 31.2. The molecule has 2 saturated heterocycles. The van der Waals surface area contributed by atoms with Gasteiger partial charge in [0.25, 0.3) is 0 Å². The fraction of sp³-hybridized carbons (Fsp3) is 0.300. The van der Waals surface area contributed by atoms with E-state index in [1.807, 2.05) is 86.6 Å². The summed E-state index contributed by atoms with van der Waals surface area (Å²) in [5.41, 5.74) is 2.05. The molecule has 9 rings (SSSR count). The first-order chi connectivity index (χ1) is 33.1. The summed E-state index contributed by atoms with van der Waals surface area (Å²) < 4.78 is 52.0. The Labute approximate surface area is 411 Å². The van der Waals surface area contributed by atoms with Crippen molar-refractivity contribution in [3.05, 3.63) is 228 Å². The minimum Gasteiger partial charge on any atom is -0.426 e. The lowest BCUT2D eigenvalue weighted by Crippen LogP contribution is -2.72. The van der Waals surface area contributed by atoms with Crippen LogP contribution >= 0.6 is 16.5 Å². The Balaban J connectivity index is 1.42. The molecule has 0 unspecified atom stereocenters. The van der Waals surface area contributed by atoms with Gasteiger partial charge in [0.15, 0.2) is 11.2 Å². The Kier molecular flexibility index (Phi) is 13.7. The van der Waals surface area contributed by atoms with Gasteiger partial charge in [-0.25, -0.2) is 0 Å². The average molecular weight is 959 g/mol. The van der Waals surface area contributed by atoms with Gasteiger partial charge in [0.2, 0.25) is 11.6 Å². The average Bonchev–Trinajstić information content (AvgIpc) is 3.48. The quantitative estimate of drug-likeness (QED) is 0.120. The number of hydrogen-bond donors (Lipinski definition) is 0. The predicted molar refractivity (Wildman–Crippen MR) is 280 cm³/mol. The van der Waals surface area contributed by atoms with E-state index in [2.05, 4.69) is 163 Å². The zero-order valence-corrected chi connectivity index (χ0v) is 43.2. The normalized spacial score (nSPS) is 22.7. The lowest BCUT2D eigenvalue weighted by molar-refractivity contribution is -0.465. The molecule has 0 saturated carbocycles. The van der Waals surface area contributed by atoms with E-state index < -0.39 is 56.9 Å². The second-order valence-electron chi connectivity index (χ2n) is 20.2. The summed E-state index contributed by atoms with van der Waals surface area (Å²) in [4.78, 5) is 0. The summed E-state index contributed by atoms with van der Waals surface area (Å²) in [7, 11) is -0.427. The Morgan fingerprint density at radius 1 is 0.464 bits per heavy atom. The van der Waals surface area contributed by atoms with Gasteiger partial charge in [-0.2, -0.15) is 0 Å². The summed E-state index contributed by atoms with van der Waals surface area (Å²) in [6, 6.07) is 67.2. The maximum absolute atomic E-state index is 8.02. The fourth-order valence-corrected chi connectivity index (χ4v) is 13.8. The van der Waals surface area contributed by atoms with Crippen molar-refractivity contribution in [1.29, 1.82) is 0 Å². The lowest BCUT2D eigenvalue weighted by Gasteiger charge is -2.57. The topological polar surface area (TPSA) is 64.6 Å². The third-order valence-corrected chi connectivity index (χ3v) is 17.5. The number of hydrogen-bond acceptors (Lipinski definition) is 7. The molecule has 0 spiro atoms. The minimum absolute atomic E-state index is 0.194. The molecule has 7 aromatic carbocycles. The van der Waals surface area contributed by atoms with Crippen LogP contribution in [0.2, 0.25) is 0 Å². The predicted octanol–water partition coefficient (Wildman–Crippen LogP) is 13.1. The van der Waals surface area contributed by atoms with Gasteiger partial charge in [-0.1, -0.05) is 230 Å². The third-order valence-electron chi connectivity index (χ3n) is 13.8. The van der Waals surface area contributed by atoms with Crippen molar-refractivity contribution in [2.75, 3.05) is 14.2 Å². The molecule has 2 heterocycles. The van der Waals surface area contributed by atoms with Gasteiger partial charge >= 0.3 is 8.60 Å². The maximum Gasteiger partial charge on any atom is 0.399 e. The summed E-state index contributed by atoms with van der Waals surface area (Å²) in [6.07, 6.45) is -1.94. The first-order valence-corrected chi connectivity index (χ1v) is 26.2. The Morgan fingerprint density at radius 2 is 0.797 bits per heavy atom. The standard InChI is InChI=1S/C60H64O7P2/c1-55(2,3)47-41-50(56(4,5)6)52(51(42-47)68(48-37-25-15-26-38-48)49-39-27-16-28-40-49)65-69-66-59(43-29-17-11-18-30-43,44-31-19-12-20-32-44)53-54(64-58(8,62-10)57(7,61-9)63-53)60(67-69,45-33-21-13-22-34-45)46-35-23-14-24-36-46/h11-42,53-54H,1-10H3/t53-,54-,57-,58-/m1/s1. The molecule has 2 aliphatic heterocycles. The van der Waals surface area contributed by atoms with Crippen molar-refractivity contribution in [3.8, 4) is 5.75 Å². The highest BCUT2D eigenvalue weighted by Crippen LogP contribution is 2.66. The van der Waals surface area contributed by atoms with Crippen molar-refractivity contribution in [2.24, 2.45) is 0 Å². The number of rotatable bonds is 11. The third kappa shape index (κ3) is 8.92. The molecule has 0 radical (unpaired) electrons. The molecule has 69 heavy (non-hydrogen) atoms. The van der Waals surface area contributed by atoms with E-state index in [9.17, 15) is 0 Å². The molecule has 0 bridgehead atoms. The van der Waals surface area contributed by atoms with Crippen molar-refractivity contribution in [3.63, 3.8) is 0 Å². The first kappa shape index (κ1) is 49.0. The second kappa shape index (κ2) is 19.3. The fourth-order valence-electron chi connectivity index (χ4n) is 9.74. The molecule has 0 amide bonds. The van der Waals surface area contributed by atoms with Gasteiger partial charge in [0.1, 0.15) is 18.0 Å². The largest absolute Gasteiger partial charge is 0.426 e. The van der Waals surface area contributed by atoms with Crippen LogP contribution in [0.4, 0.5) is 0 Å². The van der Waals surface area contributed by atoms with E-state index in [1.165, 1.54) is 16.2 Å². The molecule has 9 heteroatoms. The molecular weight excluding hydrogens is 895 g/mol. The Hall–Kier alpha value is -5.04. The molecule has 0 aliphatic carbocycles. The molecule has 356 valence electrons. The van der Waals surface area contributed by atoms with Gasteiger partial charge in [-0.05, 0) is 77.1 Å². The lowest BCUT2D eigenvalue weighted by atomic mass is 9.71. The summed E-state index contributed by atoms with van der Waals surface area (Å²) in [6.45, 7) is 17.3. The number of benzene rings is 7. The monoisotopic (exact) mass is 958 g/mol. The Bertz CT molecular complexity index is 2570. The van der Waals surface area contributed by atoms with Crippen LogP contribution in [0.5, 0.6) is 5.75 Å². The highest BCUT2D eigenvalue weighted by molar-refractivity contribution is 7.80. The summed E-state index contributed by atoms with van der Waals surface area (Å²) >= 11 is 0. The van der Waals surface area contributed by atoms with Crippen LogP contribution in [0.1, 0.15) is 88.8 Å². The van der Waals surface area contributed by atoms with Crippen LogP contribution in [0.25, 0.3) is 0 Å². The van der Waals surface area contributed by atoms with E-state index in [1.54, 1.807) is 14.2 Å². The van der Waals surface area contributed by atoms with Gasteiger partial charge < -0.3 is 23.5 Å². The molecule has 2 fully saturated rings. The molecule has 7 aromatic rings. The number of methoxy groups -OCH3 is 2. The van der Waals surface area contributed by atoms with Crippen molar-refractivity contribution >= 4 is 32.4 Å². The second-order valence-corrected chi connectivity index (χ2v) is 23.4. The zero-order valence-electron chi connectivity index (χ0n) is 41.4. The van der Waals surface area contributed by atoms with Gasteiger partial charge in [0.05, 0.1) is 0 Å². The van der Waals surface area contributed by atoms with Crippen LogP contribution in [0, 0.1) is 0 Å². The van der Waals surface area contributed by atoms with Gasteiger partial charge in [0, 0.05) is 25.1 Å². The van der Waals surface area contributed by atoms with Crippen molar-refractivity contribution < 1.29 is 32.5 Å². The zero-order chi connectivity index (χ0) is 48.7. The molecule has 2 aliphatic rings. The molecule has 0 aromatic heterocycles. The maximum atomic E-state index is 8.02. The SMILES string of the molecule is CO[C@]1(C)O[C@@H]2[C@@H](O[C@@]1(C)OC)C(c1ccccc1)(c1ccccc1)OP(Oc1c(P(c3ccccc3)c3ccccc3)cc(C(C)(C)C)cc1C(C)(C)C)OC2(c1ccccc1)c1ccccc1. The number of ether oxygens (including phenoxy) is 4. The van der Waals surface area contributed by atoms with Crippen molar-refractivity contribution in [2.45, 2.75) is 101 Å².